The van der Waals surface area contributed by atoms with Crippen LogP contribution in [0, 0.1) is 6.92 Å². The fraction of sp³-hybridized carbons (Fsp3) is 0.200. The number of amides is 1. The van der Waals surface area contributed by atoms with Crippen molar-refractivity contribution >= 4 is 45.1 Å². The summed E-state index contributed by atoms with van der Waals surface area (Å²) in [5.41, 5.74) is 2.42. The third kappa shape index (κ3) is 6.13. The number of nitrogens with one attached hydrogen (secondary N) is 1. The number of carbonyl (C=O) groups excluding carboxylic acids is 2. The predicted octanol–water partition coefficient (Wildman–Crippen LogP) is 4.58. The molecule has 0 fully saturated rings. The molecule has 9 heteroatoms. The maximum Gasteiger partial charge on any atom is 0.306 e. The van der Waals surface area contributed by atoms with E-state index in [1.54, 1.807) is 30.3 Å². The molecule has 0 bridgehead atoms. The van der Waals surface area contributed by atoms with Crippen LogP contribution in [0.1, 0.15) is 17.9 Å². The average molecular weight is 479 g/mol. The molecule has 150 valence electrons. The number of anilines is 1. The lowest BCUT2D eigenvalue weighted by Crippen LogP contribution is -2.21. The predicted molar refractivity (Wildman–Crippen MR) is 112 cm³/mol. The molecule has 1 heterocycles. The summed E-state index contributed by atoms with van der Waals surface area (Å²) in [4.78, 5) is 28.1. The molecule has 0 aliphatic carbocycles. The second-order valence-electron chi connectivity index (χ2n) is 6.21. The summed E-state index contributed by atoms with van der Waals surface area (Å²) in [7, 11) is 0. The number of nitrogens with zero attached hydrogens (tertiary/aromatic N) is 2. The van der Waals surface area contributed by atoms with Gasteiger partial charge in [0.25, 0.3) is 5.91 Å². The van der Waals surface area contributed by atoms with Crippen molar-refractivity contribution in [2.24, 2.45) is 0 Å². The number of hydrogen-bond acceptors (Lipinski definition) is 6. The zero-order valence-corrected chi connectivity index (χ0v) is 17.8. The number of aromatic nitrogens is 2. The van der Waals surface area contributed by atoms with Crippen molar-refractivity contribution in [2.75, 3.05) is 11.9 Å². The topological polar surface area (TPSA) is 94.3 Å². The lowest BCUT2D eigenvalue weighted by molar-refractivity contribution is -0.147. The molecule has 0 unspecified atom stereocenters. The highest BCUT2D eigenvalue weighted by Crippen LogP contribution is 2.23. The second kappa shape index (κ2) is 9.67. The van der Waals surface area contributed by atoms with Gasteiger partial charge < -0.3 is 14.6 Å². The Hall–Kier alpha value is -2.71. The summed E-state index contributed by atoms with van der Waals surface area (Å²) in [5.74, 6) is -0.242. The SMILES string of the molecule is Cc1ccc(NC(=O)COC(=O)CCc2nc(-c3ccc(Cl)cc3)no2)c(Br)c1. The van der Waals surface area contributed by atoms with Crippen LogP contribution in [0.3, 0.4) is 0 Å². The van der Waals surface area contributed by atoms with Gasteiger partial charge in [0.05, 0.1) is 12.1 Å². The van der Waals surface area contributed by atoms with Crippen LogP contribution in [-0.4, -0.2) is 28.6 Å². The summed E-state index contributed by atoms with van der Waals surface area (Å²) in [6.07, 6.45) is 0.230. The molecule has 2 aromatic carbocycles. The Morgan fingerprint density at radius 1 is 1.21 bits per heavy atom. The number of halogens is 2. The van der Waals surface area contributed by atoms with Crippen LogP contribution in [0.5, 0.6) is 0 Å². The molecular formula is C20H17BrClN3O4. The Balaban J connectivity index is 1.44. The van der Waals surface area contributed by atoms with Crippen molar-refractivity contribution in [1.82, 2.24) is 10.1 Å². The number of benzene rings is 2. The van der Waals surface area contributed by atoms with Crippen molar-refractivity contribution in [1.29, 1.82) is 0 Å². The van der Waals surface area contributed by atoms with E-state index in [2.05, 4.69) is 31.4 Å². The van der Waals surface area contributed by atoms with Crippen LogP contribution >= 0.6 is 27.5 Å². The van der Waals surface area contributed by atoms with Crippen LogP contribution in [0.4, 0.5) is 5.69 Å². The van der Waals surface area contributed by atoms with Gasteiger partial charge in [0.2, 0.25) is 11.7 Å². The van der Waals surface area contributed by atoms with E-state index in [0.29, 0.717) is 22.4 Å². The van der Waals surface area contributed by atoms with Crippen molar-refractivity contribution in [3.8, 4) is 11.4 Å². The minimum Gasteiger partial charge on any atom is -0.456 e. The second-order valence-corrected chi connectivity index (χ2v) is 7.50. The van der Waals surface area contributed by atoms with Crippen molar-refractivity contribution in [2.45, 2.75) is 19.8 Å². The molecule has 0 saturated carbocycles. The highest BCUT2D eigenvalue weighted by Gasteiger charge is 2.13. The Morgan fingerprint density at radius 2 is 1.97 bits per heavy atom. The van der Waals surface area contributed by atoms with E-state index in [0.717, 1.165) is 15.6 Å². The van der Waals surface area contributed by atoms with Crippen molar-refractivity contribution in [3.05, 3.63) is 63.4 Å². The zero-order chi connectivity index (χ0) is 20.8. The molecule has 1 amide bonds. The minimum absolute atomic E-state index is 0.0176. The summed E-state index contributed by atoms with van der Waals surface area (Å²) >= 11 is 9.23. The first-order valence-corrected chi connectivity index (χ1v) is 9.88. The van der Waals surface area contributed by atoms with Crippen LogP contribution < -0.4 is 5.32 Å². The molecule has 0 atom stereocenters. The number of ether oxygens (including phenoxy) is 1. The smallest absolute Gasteiger partial charge is 0.306 e. The molecule has 0 spiro atoms. The molecule has 29 heavy (non-hydrogen) atoms. The number of aryl methyl sites for hydroxylation is 2. The van der Waals surface area contributed by atoms with Gasteiger partial charge in [0, 0.05) is 21.5 Å². The number of rotatable bonds is 7. The molecular weight excluding hydrogens is 462 g/mol. The van der Waals surface area contributed by atoms with E-state index in [1.165, 1.54) is 0 Å². The van der Waals surface area contributed by atoms with Gasteiger partial charge in [-0.2, -0.15) is 4.98 Å². The molecule has 7 nitrogen and oxygen atoms in total. The fourth-order valence-corrected chi connectivity index (χ4v) is 3.13. The fourth-order valence-electron chi connectivity index (χ4n) is 2.41. The van der Waals surface area contributed by atoms with Crippen LogP contribution in [0.2, 0.25) is 5.02 Å². The third-order valence-corrected chi connectivity index (χ3v) is 4.78. The Bertz CT molecular complexity index is 1020. The Labute approximate surface area is 180 Å². The number of hydrogen-bond donors (Lipinski definition) is 1. The van der Waals surface area contributed by atoms with Gasteiger partial charge in [0.1, 0.15) is 0 Å². The molecule has 1 aromatic heterocycles. The van der Waals surface area contributed by atoms with Crippen molar-refractivity contribution in [3.63, 3.8) is 0 Å². The molecule has 3 aromatic rings. The van der Waals surface area contributed by atoms with E-state index in [9.17, 15) is 9.59 Å². The van der Waals surface area contributed by atoms with Crippen LogP contribution in [0.15, 0.2) is 51.5 Å². The molecule has 0 aliphatic heterocycles. The summed E-state index contributed by atoms with van der Waals surface area (Å²) < 4.78 is 10.9. The standard InChI is InChI=1S/C20H17BrClN3O4/c1-12-2-7-16(15(21)10-12)23-17(26)11-28-19(27)9-8-18-24-20(25-29-18)13-3-5-14(22)6-4-13/h2-7,10H,8-9,11H2,1H3,(H,23,26). The van der Waals surface area contributed by atoms with Gasteiger partial charge in [-0.1, -0.05) is 22.8 Å². The molecule has 1 N–H and O–H groups in total. The van der Waals surface area contributed by atoms with Gasteiger partial charge in [-0.15, -0.1) is 0 Å². The number of esters is 1. The van der Waals surface area contributed by atoms with E-state index in [-0.39, 0.29) is 19.4 Å². The first kappa shape index (κ1) is 21.0. The van der Waals surface area contributed by atoms with E-state index in [4.69, 9.17) is 20.9 Å². The van der Waals surface area contributed by atoms with E-state index < -0.39 is 11.9 Å². The van der Waals surface area contributed by atoms with Gasteiger partial charge in [0.15, 0.2) is 6.61 Å². The summed E-state index contributed by atoms with van der Waals surface area (Å²) in [6.45, 7) is 1.57. The van der Waals surface area contributed by atoms with Crippen LogP contribution in [-0.2, 0) is 20.7 Å². The maximum atomic E-state index is 12.0. The zero-order valence-electron chi connectivity index (χ0n) is 15.4. The Kier molecular flexibility index (Phi) is 7.00. The van der Waals surface area contributed by atoms with Gasteiger partial charge in [-0.25, -0.2) is 0 Å². The third-order valence-electron chi connectivity index (χ3n) is 3.88. The molecule has 0 aliphatic rings. The minimum atomic E-state index is -0.533. The highest BCUT2D eigenvalue weighted by atomic mass is 79.9. The molecule has 0 radical (unpaired) electrons. The van der Waals surface area contributed by atoms with Crippen LogP contribution in [0.25, 0.3) is 11.4 Å². The lowest BCUT2D eigenvalue weighted by Gasteiger charge is -2.08. The highest BCUT2D eigenvalue weighted by molar-refractivity contribution is 9.10. The van der Waals surface area contributed by atoms with E-state index in [1.807, 2.05) is 19.1 Å². The van der Waals surface area contributed by atoms with E-state index >= 15 is 0 Å². The normalized spacial score (nSPS) is 10.6. The lowest BCUT2D eigenvalue weighted by atomic mass is 10.2. The monoisotopic (exact) mass is 477 g/mol. The first-order valence-electron chi connectivity index (χ1n) is 8.71. The average Bonchev–Trinajstić information content (AvgIpc) is 3.16. The van der Waals surface area contributed by atoms with Gasteiger partial charge in [-0.05, 0) is 64.8 Å². The largest absolute Gasteiger partial charge is 0.456 e. The van der Waals surface area contributed by atoms with Gasteiger partial charge >= 0.3 is 5.97 Å². The first-order chi connectivity index (χ1) is 13.9. The summed E-state index contributed by atoms with van der Waals surface area (Å²) in [5, 5.41) is 7.17. The summed E-state index contributed by atoms with van der Waals surface area (Å²) in [6, 6.07) is 12.5. The van der Waals surface area contributed by atoms with Crippen molar-refractivity contribution < 1.29 is 18.8 Å². The maximum absolute atomic E-state index is 12.0. The Morgan fingerprint density at radius 3 is 2.69 bits per heavy atom. The quantitative estimate of drug-likeness (QED) is 0.500. The molecule has 0 saturated heterocycles. The number of carbonyl (C=O) groups is 2. The molecule has 3 rings (SSSR count). The van der Waals surface area contributed by atoms with Gasteiger partial charge in [-0.3, -0.25) is 9.59 Å².